The van der Waals surface area contributed by atoms with Gasteiger partial charge in [0, 0.05) is 38.5 Å². The molecule has 0 aliphatic rings. The van der Waals surface area contributed by atoms with Crippen molar-refractivity contribution in [3.63, 3.8) is 0 Å². The molecule has 1 aromatic rings. The molecule has 0 aromatic heterocycles. The second-order valence-electron chi connectivity index (χ2n) is 2.33. The van der Waals surface area contributed by atoms with Crippen LogP contribution in [-0.2, 0) is 32.7 Å². The Morgan fingerprint density at radius 2 is 1.91 bits per heavy atom. The van der Waals surface area contributed by atoms with Gasteiger partial charge in [-0.25, -0.2) is 0 Å². The summed E-state index contributed by atoms with van der Waals surface area (Å²) in [5.74, 6) is 0.908. The van der Waals surface area contributed by atoms with Gasteiger partial charge in [0.1, 0.15) is 0 Å². The van der Waals surface area contributed by atoms with Gasteiger partial charge < -0.3 is 4.74 Å². The molecule has 1 nitrogen and oxygen atoms in total. The van der Waals surface area contributed by atoms with Gasteiger partial charge in [0.15, 0.2) is 0 Å². The van der Waals surface area contributed by atoms with Gasteiger partial charge in [-0.2, -0.15) is 17.7 Å². The molecule has 0 amide bonds. The number of hydrogen-bond donors (Lipinski definition) is 0. The first-order valence-corrected chi connectivity index (χ1v) is 3.27. The van der Waals surface area contributed by atoms with Crippen molar-refractivity contribution in [1.29, 1.82) is 0 Å². The van der Waals surface area contributed by atoms with Gasteiger partial charge in [0.2, 0.25) is 0 Å². The zero-order valence-electron chi connectivity index (χ0n) is 7.14. The molecule has 2 heteroatoms. The van der Waals surface area contributed by atoms with Crippen LogP contribution in [0.15, 0.2) is 12.1 Å². The van der Waals surface area contributed by atoms with Crippen LogP contribution in [-0.4, -0.2) is 7.11 Å². The summed E-state index contributed by atoms with van der Waals surface area (Å²) in [5, 5.41) is 0. The molecule has 0 saturated heterocycles. The van der Waals surface area contributed by atoms with Crippen molar-refractivity contribution in [2.45, 2.75) is 13.8 Å². The van der Waals surface area contributed by atoms with Gasteiger partial charge in [-0.05, 0) is 0 Å². The summed E-state index contributed by atoms with van der Waals surface area (Å²) in [6, 6.07) is 7.12. The first kappa shape index (κ1) is 11.1. The van der Waals surface area contributed by atoms with Crippen molar-refractivity contribution in [1.82, 2.24) is 0 Å². The van der Waals surface area contributed by atoms with Crippen LogP contribution in [0.1, 0.15) is 11.1 Å². The Morgan fingerprint density at radius 3 is 2.36 bits per heavy atom. The maximum Gasteiger partial charge on any atom is 0.0607 e. The average molecular weight is 224 g/mol. The molecular formula is C9H11OY-. The van der Waals surface area contributed by atoms with Crippen molar-refractivity contribution in [3.8, 4) is 5.75 Å². The van der Waals surface area contributed by atoms with Gasteiger partial charge in [-0.3, -0.25) is 0 Å². The van der Waals surface area contributed by atoms with E-state index in [1.165, 1.54) is 0 Å². The van der Waals surface area contributed by atoms with Crippen molar-refractivity contribution in [2.75, 3.05) is 7.11 Å². The molecule has 0 spiro atoms. The summed E-state index contributed by atoms with van der Waals surface area (Å²) >= 11 is 0. The summed E-state index contributed by atoms with van der Waals surface area (Å²) in [4.78, 5) is 0. The molecule has 0 aliphatic carbocycles. The Labute approximate surface area is 93.0 Å². The molecule has 0 unspecified atom stereocenters. The van der Waals surface area contributed by atoms with Crippen LogP contribution in [0.5, 0.6) is 5.75 Å². The zero-order chi connectivity index (χ0) is 7.56. The molecule has 1 aromatic carbocycles. The van der Waals surface area contributed by atoms with Gasteiger partial charge in [0.25, 0.3) is 0 Å². The first-order chi connectivity index (χ1) is 4.74. The van der Waals surface area contributed by atoms with Crippen molar-refractivity contribution >= 4 is 0 Å². The molecular weight excluding hydrogens is 213 g/mol. The number of rotatable bonds is 1. The summed E-state index contributed by atoms with van der Waals surface area (Å²) < 4.78 is 5.07. The second kappa shape index (κ2) is 4.89. The number of ether oxygens (including phenoxy) is 1. The fourth-order valence-electron chi connectivity index (χ4n) is 0.946. The molecule has 11 heavy (non-hydrogen) atoms. The van der Waals surface area contributed by atoms with E-state index in [4.69, 9.17) is 4.74 Å². The molecule has 0 saturated carbocycles. The summed E-state index contributed by atoms with van der Waals surface area (Å²) in [5.41, 5.74) is 2.22. The van der Waals surface area contributed by atoms with Gasteiger partial charge in [-0.1, -0.05) is 13.8 Å². The maximum atomic E-state index is 5.07. The van der Waals surface area contributed by atoms with Crippen LogP contribution >= 0.6 is 0 Å². The van der Waals surface area contributed by atoms with E-state index in [9.17, 15) is 0 Å². The Morgan fingerprint density at radius 1 is 1.27 bits per heavy atom. The van der Waals surface area contributed by atoms with E-state index in [1.807, 2.05) is 26.0 Å². The molecule has 1 rings (SSSR count). The monoisotopic (exact) mass is 224 g/mol. The average Bonchev–Trinajstić information content (AvgIpc) is 1.88. The molecule has 57 valence electrons. The van der Waals surface area contributed by atoms with E-state index in [1.54, 1.807) is 7.11 Å². The minimum Gasteiger partial charge on any atom is -0.554 e. The van der Waals surface area contributed by atoms with Gasteiger partial charge >= 0.3 is 0 Å². The van der Waals surface area contributed by atoms with E-state index in [-0.39, 0.29) is 32.7 Å². The quantitative estimate of drug-likeness (QED) is 0.664. The van der Waals surface area contributed by atoms with Gasteiger partial charge in [-0.15, -0.1) is 11.6 Å². The number of hydrogen-bond acceptors (Lipinski definition) is 1. The SMILES string of the molecule is COc1ccc(C)[c-]c1C.[Y]. The van der Waals surface area contributed by atoms with E-state index in [0.717, 1.165) is 16.9 Å². The number of benzene rings is 1. The number of aryl methyl sites for hydroxylation is 2. The predicted octanol–water partition coefficient (Wildman–Crippen LogP) is 2.11. The Balaban J connectivity index is 0.000001000. The Kier molecular flexibility index (Phi) is 4.95. The molecule has 0 atom stereocenters. The fraction of sp³-hybridized carbons (Fsp3) is 0.333. The Bertz CT molecular complexity index is 233. The van der Waals surface area contributed by atoms with E-state index in [0.29, 0.717) is 0 Å². The molecule has 0 bridgehead atoms. The third-order valence-corrected chi connectivity index (χ3v) is 1.46. The largest absolute Gasteiger partial charge is 0.554 e. The minimum absolute atomic E-state index is 0. The topological polar surface area (TPSA) is 9.23 Å². The standard InChI is InChI=1S/C9H11O.Y/c1-7-4-5-9(10-3)8(2)6-7;/h4-5H,1-3H3;/q-1;. The molecule has 0 aliphatic heterocycles. The van der Waals surface area contributed by atoms with Crippen LogP contribution in [0.2, 0.25) is 0 Å². The van der Waals surface area contributed by atoms with E-state index in [2.05, 4.69) is 6.07 Å². The summed E-state index contributed by atoms with van der Waals surface area (Å²) in [6.45, 7) is 4.01. The third-order valence-electron chi connectivity index (χ3n) is 1.46. The van der Waals surface area contributed by atoms with Crippen LogP contribution in [0.4, 0.5) is 0 Å². The van der Waals surface area contributed by atoms with Crippen molar-refractivity contribution < 1.29 is 37.4 Å². The molecule has 0 fully saturated rings. The first-order valence-electron chi connectivity index (χ1n) is 3.27. The number of methoxy groups -OCH3 is 1. The van der Waals surface area contributed by atoms with Crippen LogP contribution in [0, 0.1) is 19.9 Å². The van der Waals surface area contributed by atoms with Crippen LogP contribution < -0.4 is 4.74 Å². The zero-order valence-corrected chi connectivity index (χ0v) is 9.98. The van der Waals surface area contributed by atoms with E-state index >= 15 is 0 Å². The third kappa shape index (κ3) is 2.92. The fourth-order valence-corrected chi connectivity index (χ4v) is 0.946. The van der Waals surface area contributed by atoms with Gasteiger partial charge in [0.05, 0.1) is 7.11 Å². The smallest absolute Gasteiger partial charge is 0.0607 e. The molecule has 0 N–H and O–H groups in total. The predicted molar refractivity (Wildman–Crippen MR) is 41.3 cm³/mol. The maximum absolute atomic E-state index is 5.07. The molecule has 0 heterocycles. The van der Waals surface area contributed by atoms with Crippen LogP contribution in [0.25, 0.3) is 0 Å². The van der Waals surface area contributed by atoms with Crippen molar-refractivity contribution in [3.05, 3.63) is 29.3 Å². The normalized spacial score (nSPS) is 8.64. The summed E-state index contributed by atoms with van der Waals surface area (Å²) in [6.07, 6.45) is 0. The van der Waals surface area contributed by atoms with E-state index < -0.39 is 0 Å². The van der Waals surface area contributed by atoms with Crippen molar-refractivity contribution in [2.24, 2.45) is 0 Å². The Hall–Kier alpha value is 0.124. The van der Waals surface area contributed by atoms with Crippen LogP contribution in [0.3, 0.4) is 0 Å². The minimum atomic E-state index is 0. The second-order valence-corrected chi connectivity index (χ2v) is 2.33. The molecule has 1 radical (unpaired) electrons. The summed E-state index contributed by atoms with van der Waals surface area (Å²) in [7, 11) is 1.67.